The van der Waals surface area contributed by atoms with Crippen molar-refractivity contribution in [2.45, 2.75) is 0 Å². The molecule has 0 bridgehead atoms. The van der Waals surface area contributed by atoms with Gasteiger partial charge in [-0.25, -0.2) is 0 Å². The SMILES string of the molecule is Nc1nnc(-c2cccc([N+](=O)[O-])c2)c2ccccc12. The number of fused-ring (bicyclic) bond motifs is 1. The fraction of sp³-hybridized carbons (Fsp3) is 0. The normalized spacial score (nSPS) is 10.6. The van der Waals surface area contributed by atoms with Crippen LogP contribution in [0, 0.1) is 10.1 Å². The lowest BCUT2D eigenvalue weighted by atomic mass is 10.0. The maximum absolute atomic E-state index is 10.9. The summed E-state index contributed by atoms with van der Waals surface area (Å²) in [6, 6.07) is 13.7. The summed E-state index contributed by atoms with van der Waals surface area (Å²) in [6.07, 6.45) is 0. The van der Waals surface area contributed by atoms with Gasteiger partial charge in [-0.2, -0.15) is 0 Å². The van der Waals surface area contributed by atoms with Gasteiger partial charge >= 0.3 is 0 Å². The van der Waals surface area contributed by atoms with Crippen LogP contribution in [0.3, 0.4) is 0 Å². The number of nitrogen functional groups attached to an aromatic ring is 1. The molecule has 0 amide bonds. The van der Waals surface area contributed by atoms with Crippen LogP contribution in [0.25, 0.3) is 22.0 Å². The van der Waals surface area contributed by atoms with Crippen molar-refractivity contribution >= 4 is 22.3 Å². The Morgan fingerprint density at radius 3 is 2.50 bits per heavy atom. The number of nitro benzene ring substituents is 1. The zero-order valence-corrected chi connectivity index (χ0v) is 10.4. The number of rotatable bonds is 2. The quantitative estimate of drug-likeness (QED) is 0.568. The Morgan fingerprint density at radius 2 is 1.75 bits per heavy atom. The molecule has 0 saturated carbocycles. The van der Waals surface area contributed by atoms with Crippen molar-refractivity contribution in [2.24, 2.45) is 0 Å². The van der Waals surface area contributed by atoms with E-state index in [9.17, 15) is 10.1 Å². The molecule has 0 aliphatic carbocycles. The first-order valence-electron chi connectivity index (χ1n) is 5.92. The van der Waals surface area contributed by atoms with Crippen LogP contribution >= 0.6 is 0 Å². The van der Waals surface area contributed by atoms with Gasteiger partial charge in [-0.15, -0.1) is 10.2 Å². The predicted octanol–water partition coefficient (Wildman–Crippen LogP) is 2.79. The molecule has 0 fully saturated rings. The van der Waals surface area contributed by atoms with Crippen LogP contribution in [0.1, 0.15) is 0 Å². The Kier molecular flexibility index (Phi) is 2.76. The summed E-state index contributed by atoms with van der Waals surface area (Å²) in [7, 11) is 0. The van der Waals surface area contributed by atoms with Gasteiger partial charge in [0.05, 0.1) is 4.92 Å². The van der Waals surface area contributed by atoms with E-state index < -0.39 is 4.92 Å². The molecule has 98 valence electrons. The fourth-order valence-corrected chi connectivity index (χ4v) is 2.10. The maximum atomic E-state index is 10.9. The third-order valence-electron chi connectivity index (χ3n) is 3.05. The maximum Gasteiger partial charge on any atom is 0.270 e. The minimum Gasteiger partial charge on any atom is -0.382 e. The summed E-state index contributed by atoms with van der Waals surface area (Å²) in [5.41, 5.74) is 7.04. The molecular formula is C14H10N4O2. The molecule has 0 saturated heterocycles. The topological polar surface area (TPSA) is 94.9 Å². The zero-order chi connectivity index (χ0) is 14.1. The molecule has 3 rings (SSSR count). The zero-order valence-electron chi connectivity index (χ0n) is 10.4. The number of hydrogen-bond donors (Lipinski definition) is 1. The van der Waals surface area contributed by atoms with E-state index in [0.717, 1.165) is 10.8 Å². The Labute approximate surface area is 114 Å². The van der Waals surface area contributed by atoms with Crippen LogP contribution < -0.4 is 5.73 Å². The minimum atomic E-state index is -0.434. The molecule has 2 aromatic carbocycles. The Bertz CT molecular complexity index is 817. The van der Waals surface area contributed by atoms with Crippen molar-refractivity contribution in [1.29, 1.82) is 0 Å². The summed E-state index contributed by atoms with van der Waals surface area (Å²) in [5, 5.41) is 20.4. The molecule has 20 heavy (non-hydrogen) atoms. The van der Waals surface area contributed by atoms with Gasteiger partial charge in [0.2, 0.25) is 0 Å². The summed E-state index contributed by atoms with van der Waals surface area (Å²) in [6.45, 7) is 0. The van der Waals surface area contributed by atoms with E-state index in [4.69, 9.17) is 5.73 Å². The minimum absolute atomic E-state index is 0.0187. The van der Waals surface area contributed by atoms with Crippen molar-refractivity contribution in [3.05, 3.63) is 58.6 Å². The van der Waals surface area contributed by atoms with Crippen LogP contribution in [0.2, 0.25) is 0 Å². The number of nitrogens with two attached hydrogens (primary N) is 1. The molecule has 0 radical (unpaired) electrons. The molecule has 0 aliphatic rings. The highest BCUT2D eigenvalue weighted by molar-refractivity contribution is 5.99. The largest absolute Gasteiger partial charge is 0.382 e. The molecule has 0 unspecified atom stereocenters. The first-order valence-corrected chi connectivity index (χ1v) is 5.92. The van der Waals surface area contributed by atoms with Crippen LogP contribution in [-0.4, -0.2) is 15.1 Å². The molecule has 3 aromatic rings. The average Bonchev–Trinajstić information content (AvgIpc) is 2.48. The van der Waals surface area contributed by atoms with Gasteiger partial charge in [-0.05, 0) is 0 Å². The van der Waals surface area contributed by atoms with E-state index in [1.165, 1.54) is 12.1 Å². The number of benzene rings is 2. The van der Waals surface area contributed by atoms with Gasteiger partial charge < -0.3 is 5.73 Å². The summed E-state index contributed by atoms with van der Waals surface area (Å²) in [4.78, 5) is 10.4. The van der Waals surface area contributed by atoms with Crippen molar-refractivity contribution in [3.63, 3.8) is 0 Å². The standard InChI is InChI=1S/C14H10N4O2/c15-14-12-7-2-1-6-11(12)13(16-17-14)9-4-3-5-10(8-9)18(19)20/h1-8H,(H2,15,17). The molecule has 1 heterocycles. The molecule has 0 aliphatic heterocycles. The van der Waals surface area contributed by atoms with Crippen molar-refractivity contribution in [3.8, 4) is 11.3 Å². The van der Waals surface area contributed by atoms with Crippen molar-refractivity contribution in [2.75, 3.05) is 5.73 Å². The number of nitrogens with zero attached hydrogens (tertiary/aromatic N) is 3. The monoisotopic (exact) mass is 266 g/mol. The van der Waals surface area contributed by atoms with E-state index in [-0.39, 0.29) is 5.69 Å². The smallest absolute Gasteiger partial charge is 0.270 e. The van der Waals surface area contributed by atoms with E-state index in [0.29, 0.717) is 17.1 Å². The van der Waals surface area contributed by atoms with Gasteiger partial charge in [0.15, 0.2) is 5.82 Å². The predicted molar refractivity (Wildman–Crippen MR) is 76.0 cm³/mol. The van der Waals surface area contributed by atoms with Crippen molar-refractivity contribution in [1.82, 2.24) is 10.2 Å². The number of anilines is 1. The number of hydrogen-bond acceptors (Lipinski definition) is 5. The summed E-state index contributed by atoms with van der Waals surface area (Å²) >= 11 is 0. The molecule has 0 atom stereocenters. The Hall–Kier alpha value is -3.02. The molecule has 6 nitrogen and oxygen atoms in total. The molecule has 2 N–H and O–H groups in total. The molecule has 1 aromatic heterocycles. The lowest BCUT2D eigenvalue weighted by molar-refractivity contribution is -0.384. The number of nitro groups is 1. The van der Waals surface area contributed by atoms with Gasteiger partial charge in [-0.3, -0.25) is 10.1 Å². The Balaban J connectivity index is 2.27. The van der Waals surface area contributed by atoms with Crippen molar-refractivity contribution < 1.29 is 4.92 Å². The van der Waals surface area contributed by atoms with Crippen LogP contribution in [0.4, 0.5) is 11.5 Å². The van der Waals surface area contributed by atoms with E-state index >= 15 is 0 Å². The Morgan fingerprint density at radius 1 is 1.00 bits per heavy atom. The van der Waals surface area contributed by atoms with E-state index in [1.54, 1.807) is 12.1 Å². The first-order chi connectivity index (χ1) is 9.66. The number of non-ortho nitro benzene ring substituents is 1. The van der Waals surface area contributed by atoms with Crippen LogP contribution in [0.15, 0.2) is 48.5 Å². The highest BCUT2D eigenvalue weighted by Crippen LogP contribution is 2.30. The third kappa shape index (κ3) is 1.93. The highest BCUT2D eigenvalue weighted by Gasteiger charge is 2.12. The lowest BCUT2D eigenvalue weighted by Gasteiger charge is -2.06. The van der Waals surface area contributed by atoms with Gasteiger partial charge in [0.25, 0.3) is 5.69 Å². The number of aromatic nitrogens is 2. The van der Waals surface area contributed by atoms with Gasteiger partial charge in [-0.1, -0.05) is 36.4 Å². The van der Waals surface area contributed by atoms with Crippen LogP contribution in [-0.2, 0) is 0 Å². The molecular weight excluding hydrogens is 256 g/mol. The van der Waals surface area contributed by atoms with Crippen LogP contribution in [0.5, 0.6) is 0 Å². The van der Waals surface area contributed by atoms with E-state index in [2.05, 4.69) is 10.2 Å². The molecule has 6 heteroatoms. The third-order valence-corrected chi connectivity index (χ3v) is 3.05. The van der Waals surface area contributed by atoms with Gasteiger partial charge in [0.1, 0.15) is 5.69 Å². The summed E-state index contributed by atoms with van der Waals surface area (Å²) in [5.74, 6) is 0.342. The van der Waals surface area contributed by atoms with E-state index in [1.807, 2.05) is 24.3 Å². The second kappa shape index (κ2) is 4.58. The second-order valence-electron chi connectivity index (χ2n) is 4.29. The first kappa shape index (κ1) is 12.0. The molecule has 0 spiro atoms. The van der Waals surface area contributed by atoms with Gasteiger partial charge in [0, 0.05) is 28.5 Å². The second-order valence-corrected chi connectivity index (χ2v) is 4.29. The average molecular weight is 266 g/mol. The highest BCUT2D eigenvalue weighted by atomic mass is 16.6. The fourth-order valence-electron chi connectivity index (χ4n) is 2.10. The summed E-state index contributed by atoms with van der Waals surface area (Å²) < 4.78 is 0. The lowest BCUT2D eigenvalue weighted by Crippen LogP contribution is -1.97.